The first-order valence-electron chi connectivity index (χ1n) is 8.97. The summed E-state index contributed by atoms with van der Waals surface area (Å²) in [7, 11) is 5.69. The summed E-state index contributed by atoms with van der Waals surface area (Å²) in [6, 6.07) is 18.8. The zero-order valence-electron chi connectivity index (χ0n) is 16.2. The molecule has 0 saturated carbocycles. The van der Waals surface area contributed by atoms with Gasteiger partial charge in [-0.25, -0.2) is 0 Å². The van der Waals surface area contributed by atoms with Crippen LogP contribution >= 0.6 is 0 Å². The number of ether oxygens (including phenoxy) is 2. The molecule has 0 aromatic heterocycles. The standard InChI is InChI=1S/C22H31NO2/c1-6-22(25-5,20-13-10-14-21(15-20)24-4)18(2)16-23(3)17-19-11-8-7-9-12-19/h7-15,18H,6,16-17H2,1-5H3/t18-,22+/m0/s1. The predicted octanol–water partition coefficient (Wildman–Crippen LogP) is 4.72. The molecule has 0 aliphatic carbocycles. The predicted molar refractivity (Wildman–Crippen MR) is 104 cm³/mol. The van der Waals surface area contributed by atoms with Crippen LogP contribution in [0.5, 0.6) is 5.75 Å². The summed E-state index contributed by atoms with van der Waals surface area (Å²) < 4.78 is 11.5. The van der Waals surface area contributed by atoms with E-state index in [0.717, 1.165) is 25.3 Å². The molecule has 0 unspecified atom stereocenters. The summed E-state index contributed by atoms with van der Waals surface area (Å²) in [4.78, 5) is 2.36. The molecule has 0 amide bonds. The van der Waals surface area contributed by atoms with E-state index in [1.54, 1.807) is 7.11 Å². The van der Waals surface area contributed by atoms with Gasteiger partial charge in [0.25, 0.3) is 0 Å². The van der Waals surface area contributed by atoms with Crippen LogP contribution in [0.25, 0.3) is 0 Å². The van der Waals surface area contributed by atoms with E-state index < -0.39 is 0 Å². The van der Waals surface area contributed by atoms with Crippen molar-refractivity contribution in [1.82, 2.24) is 4.90 Å². The zero-order chi connectivity index (χ0) is 18.3. The fraction of sp³-hybridized carbons (Fsp3) is 0.455. The lowest BCUT2D eigenvalue weighted by molar-refractivity contribution is -0.0701. The molecule has 2 rings (SSSR count). The summed E-state index contributed by atoms with van der Waals surface area (Å²) in [5.41, 5.74) is 2.19. The average Bonchev–Trinajstić information content (AvgIpc) is 2.64. The lowest BCUT2D eigenvalue weighted by Crippen LogP contribution is -2.41. The highest BCUT2D eigenvalue weighted by molar-refractivity contribution is 5.33. The Labute approximate surface area is 152 Å². The van der Waals surface area contributed by atoms with Crippen LogP contribution in [0.4, 0.5) is 0 Å². The minimum Gasteiger partial charge on any atom is -0.497 e. The lowest BCUT2D eigenvalue weighted by Gasteiger charge is -2.39. The Morgan fingerprint density at radius 2 is 1.76 bits per heavy atom. The fourth-order valence-corrected chi connectivity index (χ4v) is 3.76. The van der Waals surface area contributed by atoms with Crippen molar-refractivity contribution >= 4 is 0 Å². The van der Waals surface area contributed by atoms with E-state index in [9.17, 15) is 0 Å². The molecule has 0 N–H and O–H groups in total. The van der Waals surface area contributed by atoms with Crippen molar-refractivity contribution in [3.63, 3.8) is 0 Å². The van der Waals surface area contributed by atoms with Crippen LogP contribution in [0.15, 0.2) is 54.6 Å². The monoisotopic (exact) mass is 341 g/mol. The van der Waals surface area contributed by atoms with Gasteiger partial charge in [-0.05, 0) is 36.7 Å². The highest BCUT2D eigenvalue weighted by atomic mass is 16.5. The van der Waals surface area contributed by atoms with Crippen molar-refractivity contribution in [3.8, 4) is 5.75 Å². The molecule has 3 heteroatoms. The number of rotatable bonds is 9. The Bertz CT molecular complexity index is 637. The molecule has 3 nitrogen and oxygen atoms in total. The van der Waals surface area contributed by atoms with E-state index in [0.29, 0.717) is 5.92 Å². The van der Waals surface area contributed by atoms with Crippen LogP contribution in [0.2, 0.25) is 0 Å². The van der Waals surface area contributed by atoms with Crippen LogP contribution in [0, 0.1) is 5.92 Å². The molecule has 0 heterocycles. The highest BCUT2D eigenvalue weighted by Gasteiger charge is 2.37. The van der Waals surface area contributed by atoms with Gasteiger partial charge in [0.05, 0.1) is 12.7 Å². The topological polar surface area (TPSA) is 21.7 Å². The zero-order valence-corrected chi connectivity index (χ0v) is 16.2. The second-order valence-corrected chi connectivity index (χ2v) is 6.76. The second kappa shape index (κ2) is 9.02. The smallest absolute Gasteiger partial charge is 0.119 e. The summed E-state index contributed by atoms with van der Waals surface area (Å²) in [6.07, 6.45) is 0.914. The van der Waals surface area contributed by atoms with E-state index in [1.807, 2.05) is 19.2 Å². The van der Waals surface area contributed by atoms with Gasteiger partial charge in [0, 0.05) is 26.1 Å². The Balaban J connectivity index is 2.17. The van der Waals surface area contributed by atoms with Gasteiger partial charge in [-0.2, -0.15) is 0 Å². The van der Waals surface area contributed by atoms with Crippen LogP contribution < -0.4 is 4.74 Å². The third kappa shape index (κ3) is 4.62. The number of nitrogens with zero attached hydrogens (tertiary/aromatic N) is 1. The molecule has 0 aliphatic heterocycles. The molecule has 2 aromatic rings. The molecule has 2 atom stereocenters. The second-order valence-electron chi connectivity index (χ2n) is 6.76. The van der Waals surface area contributed by atoms with Crippen molar-refractivity contribution in [2.75, 3.05) is 27.8 Å². The van der Waals surface area contributed by atoms with Crippen molar-refractivity contribution in [2.45, 2.75) is 32.4 Å². The van der Waals surface area contributed by atoms with Gasteiger partial charge < -0.3 is 14.4 Å². The quantitative estimate of drug-likeness (QED) is 0.659. The van der Waals surface area contributed by atoms with Gasteiger partial charge >= 0.3 is 0 Å². The summed E-state index contributed by atoms with van der Waals surface area (Å²) in [6.45, 7) is 6.35. The maximum absolute atomic E-state index is 6.10. The molecule has 25 heavy (non-hydrogen) atoms. The van der Waals surface area contributed by atoms with Crippen LogP contribution in [0.3, 0.4) is 0 Å². The Morgan fingerprint density at radius 1 is 1.04 bits per heavy atom. The SMILES string of the molecule is CC[C@](OC)(c1cccc(OC)c1)[C@@H](C)CN(C)Cc1ccccc1. The number of hydrogen-bond donors (Lipinski definition) is 0. The van der Waals surface area contributed by atoms with Gasteiger partial charge in [0.1, 0.15) is 5.75 Å². The van der Waals surface area contributed by atoms with Crippen LogP contribution in [-0.2, 0) is 16.9 Å². The maximum Gasteiger partial charge on any atom is 0.119 e. The first kappa shape index (κ1) is 19.5. The fourth-order valence-electron chi connectivity index (χ4n) is 3.76. The molecule has 0 spiro atoms. The third-order valence-corrected chi connectivity index (χ3v) is 5.12. The maximum atomic E-state index is 6.10. The van der Waals surface area contributed by atoms with Gasteiger partial charge in [0.2, 0.25) is 0 Å². The Morgan fingerprint density at radius 3 is 2.36 bits per heavy atom. The normalized spacial score (nSPS) is 15.0. The third-order valence-electron chi connectivity index (χ3n) is 5.12. The van der Waals surface area contributed by atoms with Crippen molar-refractivity contribution in [1.29, 1.82) is 0 Å². The van der Waals surface area contributed by atoms with E-state index in [1.165, 1.54) is 11.1 Å². The van der Waals surface area contributed by atoms with Crippen molar-refractivity contribution in [3.05, 3.63) is 65.7 Å². The van der Waals surface area contributed by atoms with E-state index in [4.69, 9.17) is 9.47 Å². The van der Waals surface area contributed by atoms with Gasteiger partial charge in [-0.3, -0.25) is 0 Å². The molecule has 0 saturated heterocycles. The molecular formula is C22H31NO2. The summed E-state index contributed by atoms with van der Waals surface area (Å²) >= 11 is 0. The number of hydrogen-bond acceptors (Lipinski definition) is 3. The molecule has 0 bridgehead atoms. The van der Waals surface area contributed by atoms with E-state index >= 15 is 0 Å². The molecular weight excluding hydrogens is 310 g/mol. The summed E-state index contributed by atoms with van der Waals surface area (Å²) in [5.74, 6) is 1.21. The largest absolute Gasteiger partial charge is 0.497 e. The lowest BCUT2D eigenvalue weighted by atomic mass is 9.79. The van der Waals surface area contributed by atoms with Crippen molar-refractivity contribution < 1.29 is 9.47 Å². The van der Waals surface area contributed by atoms with Crippen LogP contribution in [-0.4, -0.2) is 32.7 Å². The summed E-state index contributed by atoms with van der Waals surface area (Å²) in [5, 5.41) is 0. The van der Waals surface area contributed by atoms with Crippen LogP contribution in [0.1, 0.15) is 31.4 Å². The Hall–Kier alpha value is -1.84. The number of methoxy groups -OCH3 is 2. The van der Waals surface area contributed by atoms with Crippen molar-refractivity contribution in [2.24, 2.45) is 5.92 Å². The first-order valence-corrected chi connectivity index (χ1v) is 8.97. The van der Waals surface area contributed by atoms with Gasteiger partial charge in [0.15, 0.2) is 0 Å². The molecule has 0 radical (unpaired) electrons. The highest BCUT2D eigenvalue weighted by Crippen LogP contribution is 2.38. The molecule has 136 valence electrons. The molecule has 0 aliphatic rings. The Kier molecular flexibility index (Phi) is 7.03. The minimum atomic E-state index is -0.320. The minimum absolute atomic E-state index is 0.320. The number of benzene rings is 2. The first-order chi connectivity index (χ1) is 12.1. The van der Waals surface area contributed by atoms with E-state index in [2.05, 4.69) is 68.3 Å². The van der Waals surface area contributed by atoms with Gasteiger partial charge in [-0.15, -0.1) is 0 Å². The average molecular weight is 341 g/mol. The molecule has 0 fully saturated rings. The molecule has 2 aromatic carbocycles. The van der Waals surface area contributed by atoms with E-state index in [-0.39, 0.29) is 5.60 Å². The van der Waals surface area contributed by atoms with Gasteiger partial charge in [-0.1, -0.05) is 56.3 Å².